The lowest BCUT2D eigenvalue weighted by Gasteiger charge is -2.23. The highest BCUT2D eigenvalue weighted by Gasteiger charge is 2.23. The van der Waals surface area contributed by atoms with Crippen LogP contribution >= 0.6 is 0 Å². The van der Waals surface area contributed by atoms with E-state index in [4.69, 9.17) is 5.73 Å². The minimum atomic E-state index is -0.901. The lowest BCUT2D eigenvalue weighted by molar-refractivity contribution is 0.146. The van der Waals surface area contributed by atoms with Gasteiger partial charge in [0.25, 0.3) is 0 Å². The molecule has 20 heavy (non-hydrogen) atoms. The zero-order chi connectivity index (χ0) is 14.7. The molecule has 2 nitrogen and oxygen atoms in total. The fourth-order valence-electron chi connectivity index (χ4n) is 2.37. The van der Waals surface area contributed by atoms with Gasteiger partial charge in [0.2, 0.25) is 0 Å². The second kappa shape index (κ2) is 6.11. The van der Waals surface area contributed by atoms with Gasteiger partial charge in [0.05, 0.1) is 6.10 Å². The number of halogens is 2. The highest BCUT2D eigenvalue weighted by Crippen LogP contribution is 2.32. The van der Waals surface area contributed by atoms with E-state index in [9.17, 15) is 13.9 Å². The van der Waals surface area contributed by atoms with Crippen LogP contribution in [-0.4, -0.2) is 11.7 Å². The maximum Gasteiger partial charge on any atom is 0.123 e. The SMILES string of the molecule is Cc1cc(F)ccc1C(O)C(CN)c1cccc(F)c1. The lowest BCUT2D eigenvalue weighted by Crippen LogP contribution is -2.21. The van der Waals surface area contributed by atoms with Crippen LogP contribution in [0.5, 0.6) is 0 Å². The van der Waals surface area contributed by atoms with Gasteiger partial charge in [-0.25, -0.2) is 8.78 Å². The van der Waals surface area contributed by atoms with Crippen LogP contribution in [-0.2, 0) is 0 Å². The number of hydrogen-bond donors (Lipinski definition) is 2. The van der Waals surface area contributed by atoms with E-state index < -0.39 is 12.0 Å². The quantitative estimate of drug-likeness (QED) is 0.902. The number of benzene rings is 2. The molecule has 4 heteroatoms. The standard InChI is InChI=1S/C16H17F2NO/c1-10-7-13(18)5-6-14(10)16(20)15(9-19)11-3-2-4-12(17)8-11/h2-8,15-16,20H,9,19H2,1H3. The Hall–Kier alpha value is -1.78. The van der Waals surface area contributed by atoms with Gasteiger partial charge in [-0.05, 0) is 47.9 Å². The number of rotatable bonds is 4. The van der Waals surface area contributed by atoms with Crippen molar-refractivity contribution < 1.29 is 13.9 Å². The number of nitrogens with two attached hydrogens (primary N) is 1. The lowest BCUT2D eigenvalue weighted by atomic mass is 9.87. The van der Waals surface area contributed by atoms with Crippen molar-refractivity contribution in [2.45, 2.75) is 18.9 Å². The third kappa shape index (κ3) is 3.03. The smallest absolute Gasteiger partial charge is 0.123 e. The van der Waals surface area contributed by atoms with Gasteiger partial charge in [-0.15, -0.1) is 0 Å². The van der Waals surface area contributed by atoms with Crippen LogP contribution in [0.25, 0.3) is 0 Å². The van der Waals surface area contributed by atoms with Gasteiger partial charge >= 0.3 is 0 Å². The Bertz CT molecular complexity index is 601. The highest BCUT2D eigenvalue weighted by molar-refractivity contribution is 5.33. The van der Waals surface area contributed by atoms with Crippen LogP contribution in [0.3, 0.4) is 0 Å². The minimum Gasteiger partial charge on any atom is -0.388 e. The van der Waals surface area contributed by atoms with Crippen molar-refractivity contribution in [3.8, 4) is 0 Å². The topological polar surface area (TPSA) is 46.2 Å². The van der Waals surface area contributed by atoms with E-state index in [1.807, 2.05) is 0 Å². The van der Waals surface area contributed by atoms with E-state index in [0.717, 1.165) is 0 Å². The summed E-state index contributed by atoms with van der Waals surface area (Å²) in [5.74, 6) is -1.16. The summed E-state index contributed by atoms with van der Waals surface area (Å²) in [5, 5.41) is 10.5. The van der Waals surface area contributed by atoms with E-state index in [2.05, 4.69) is 0 Å². The number of aliphatic hydroxyl groups excluding tert-OH is 1. The van der Waals surface area contributed by atoms with Gasteiger partial charge < -0.3 is 10.8 Å². The Morgan fingerprint density at radius 1 is 1.10 bits per heavy atom. The monoisotopic (exact) mass is 277 g/mol. The van der Waals surface area contributed by atoms with Crippen LogP contribution in [0.4, 0.5) is 8.78 Å². The van der Waals surface area contributed by atoms with Crippen LogP contribution < -0.4 is 5.73 Å². The van der Waals surface area contributed by atoms with Crippen molar-refractivity contribution >= 4 is 0 Å². The normalized spacial score (nSPS) is 14.1. The second-order valence-electron chi connectivity index (χ2n) is 4.84. The first-order valence-electron chi connectivity index (χ1n) is 6.42. The Balaban J connectivity index is 2.36. The number of aryl methyl sites for hydroxylation is 1. The molecule has 3 N–H and O–H groups in total. The predicted molar refractivity (Wildman–Crippen MR) is 74.3 cm³/mol. The van der Waals surface area contributed by atoms with Crippen LogP contribution in [0.1, 0.15) is 28.7 Å². The molecular formula is C16H17F2NO. The average molecular weight is 277 g/mol. The van der Waals surface area contributed by atoms with Crippen molar-refractivity contribution in [2.75, 3.05) is 6.54 Å². The molecular weight excluding hydrogens is 260 g/mol. The maximum atomic E-state index is 13.3. The molecule has 0 aliphatic carbocycles. The fraction of sp³-hybridized carbons (Fsp3) is 0.250. The summed E-state index contributed by atoms with van der Waals surface area (Å²) in [6, 6.07) is 10.2. The zero-order valence-electron chi connectivity index (χ0n) is 11.2. The van der Waals surface area contributed by atoms with E-state index >= 15 is 0 Å². The predicted octanol–water partition coefficient (Wildman–Crippen LogP) is 3.05. The molecule has 0 fully saturated rings. The maximum absolute atomic E-state index is 13.3. The summed E-state index contributed by atoms with van der Waals surface area (Å²) >= 11 is 0. The van der Waals surface area contributed by atoms with Gasteiger partial charge in [0.1, 0.15) is 11.6 Å². The molecule has 0 aliphatic heterocycles. The van der Waals surface area contributed by atoms with E-state index in [1.165, 1.54) is 30.3 Å². The summed E-state index contributed by atoms with van der Waals surface area (Å²) in [7, 11) is 0. The molecule has 2 aromatic rings. The zero-order valence-corrected chi connectivity index (χ0v) is 11.2. The molecule has 2 rings (SSSR count). The number of aliphatic hydroxyl groups is 1. The summed E-state index contributed by atoms with van der Waals surface area (Å²) in [5.41, 5.74) is 7.59. The van der Waals surface area contributed by atoms with E-state index in [1.54, 1.807) is 19.1 Å². The summed E-state index contributed by atoms with van der Waals surface area (Å²) in [6.45, 7) is 1.89. The molecule has 2 aromatic carbocycles. The van der Waals surface area contributed by atoms with Crippen LogP contribution in [0.15, 0.2) is 42.5 Å². The van der Waals surface area contributed by atoms with Gasteiger partial charge in [0, 0.05) is 12.5 Å². The molecule has 2 atom stereocenters. The van der Waals surface area contributed by atoms with Crippen molar-refractivity contribution in [2.24, 2.45) is 5.73 Å². The first kappa shape index (κ1) is 14.6. The van der Waals surface area contributed by atoms with Crippen molar-refractivity contribution in [1.29, 1.82) is 0 Å². The summed E-state index contributed by atoms with van der Waals surface area (Å²) in [4.78, 5) is 0. The molecule has 2 unspecified atom stereocenters. The first-order valence-corrected chi connectivity index (χ1v) is 6.42. The molecule has 0 amide bonds. The average Bonchev–Trinajstić information content (AvgIpc) is 2.39. The van der Waals surface area contributed by atoms with Crippen molar-refractivity contribution in [3.05, 3.63) is 70.8 Å². The van der Waals surface area contributed by atoms with E-state index in [-0.39, 0.29) is 18.2 Å². The Kier molecular flexibility index (Phi) is 4.47. The third-order valence-electron chi connectivity index (χ3n) is 3.46. The van der Waals surface area contributed by atoms with Gasteiger partial charge in [-0.3, -0.25) is 0 Å². The molecule has 0 heterocycles. The molecule has 0 radical (unpaired) electrons. The van der Waals surface area contributed by atoms with Crippen molar-refractivity contribution in [1.82, 2.24) is 0 Å². The Labute approximate surface area is 116 Å². The fourth-order valence-corrected chi connectivity index (χ4v) is 2.37. The molecule has 0 spiro atoms. The molecule has 0 saturated carbocycles. The largest absolute Gasteiger partial charge is 0.388 e. The second-order valence-corrected chi connectivity index (χ2v) is 4.84. The van der Waals surface area contributed by atoms with Gasteiger partial charge in [0.15, 0.2) is 0 Å². The molecule has 0 saturated heterocycles. The van der Waals surface area contributed by atoms with Crippen LogP contribution in [0.2, 0.25) is 0 Å². The molecule has 0 aromatic heterocycles. The Morgan fingerprint density at radius 3 is 2.40 bits per heavy atom. The summed E-state index contributed by atoms with van der Waals surface area (Å²) < 4.78 is 26.4. The van der Waals surface area contributed by atoms with Crippen LogP contribution in [0, 0.1) is 18.6 Å². The highest BCUT2D eigenvalue weighted by atomic mass is 19.1. The minimum absolute atomic E-state index is 0.168. The molecule has 106 valence electrons. The number of hydrogen-bond acceptors (Lipinski definition) is 2. The molecule has 0 bridgehead atoms. The summed E-state index contributed by atoms with van der Waals surface area (Å²) in [6.07, 6.45) is -0.901. The Morgan fingerprint density at radius 2 is 1.80 bits per heavy atom. The van der Waals surface area contributed by atoms with Crippen molar-refractivity contribution in [3.63, 3.8) is 0 Å². The third-order valence-corrected chi connectivity index (χ3v) is 3.46. The van der Waals surface area contributed by atoms with Gasteiger partial charge in [-0.2, -0.15) is 0 Å². The first-order chi connectivity index (χ1) is 9.52. The van der Waals surface area contributed by atoms with Gasteiger partial charge in [-0.1, -0.05) is 18.2 Å². The molecule has 0 aliphatic rings. The van der Waals surface area contributed by atoms with E-state index in [0.29, 0.717) is 16.7 Å².